The van der Waals surface area contributed by atoms with Crippen LogP contribution in [-0.4, -0.2) is 60.1 Å². The molecule has 1 fully saturated rings. The van der Waals surface area contributed by atoms with Gasteiger partial charge in [-0.3, -0.25) is 14.4 Å². The molecule has 31 heavy (non-hydrogen) atoms. The monoisotopic (exact) mass is 433 g/mol. The van der Waals surface area contributed by atoms with Crippen LogP contribution in [0.15, 0.2) is 30.3 Å². The van der Waals surface area contributed by atoms with Crippen LogP contribution in [0.4, 0.5) is 4.79 Å². The summed E-state index contributed by atoms with van der Waals surface area (Å²) in [4.78, 5) is 51.5. The summed E-state index contributed by atoms with van der Waals surface area (Å²) in [6.07, 6.45) is 0.785. The van der Waals surface area contributed by atoms with Gasteiger partial charge in [0.25, 0.3) is 0 Å². The molecule has 1 aliphatic carbocycles. The van der Waals surface area contributed by atoms with Gasteiger partial charge in [0.05, 0.1) is 7.11 Å². The van der Waals surface area contributed by atoms with Crippen LogP contribution < -0.4 is 10.6 Å². The van der Waals surface area contributed by atoms with Gasteiger partial charge >= 0.3 is 12.1 Å². The lowest BCUT2D eigenvalue weighted by Gasteiger charge is -2.33. The van der Waals surface area contributed by atoms with Gasteiger partial charge in [0, 0.05) is 6.04 Å². The fourth-order valence-corrected chi connectivity index (χ4v) is 3.04. The first-order valence-electron chi connectivity index (χ1n) is 10.2. The number of methoxy groups -OCH3 is 1. The predicted molar refractivity (Wildman–Crippen MR) is 113 cm³/mol. The van der Waals surface area contributed by atoms with Crippen molar-refractivity contribution in [3.8, 4) is 0 Å². The number of alkyl carbamates (subject to hydrolysis) is 1. The Morgan fingerprint density at radius 1 is 1.13 bits per heavy atom. The summed E-state index contributed by atoms with van der Waals surface area (Å²) in [5, 5.41) is 5.09. The first kappa shape index (κ1) is 24.2. The van der Waals surface area contributed by atoms with Crippen molar-refractivity contribution in [2.45, 2.75) is 64.3 Å². The molecule has 0 spiro atoms. The standard InChI is InChI=1S/C22H31N3O6/c1-14(24-21(29)31-22(2,3)4)20(28)25(16-11-12-16)18(15-9-7-6-8-10-15)19(27)23-13-17(26)30-5/h6-10,14,16,18H,11-13H2,1-5H3,(H,23,27)(H,24,29). The smallest absolute Gasteiger partial charge is 0.408 e. The SMILES string of the molecule is COC(=O)CNC(=O)C(c1ccccc1)N(C(=O)C(C)NC(=O)OC(C)(C)C)C1CC1. The highest BCUT2D eigenvalue weighted by Crippen LogP contribution is 2.35. The predicted octanol–water partition coefficient (Wildman–Crippen LogP) is 1.92. The first-order chi connectivity index (χ1) is 14.5. The lowest BCUT2D eigenvalue weighted by Crippen LogP contribution is -2.53. The number of benzene rings is 1. The van der Waals surface area contributed by atoms with E-state index in [9.17, 15) is 19.2 Å². The Kier molecular flexibility index (Phi) is 8.01. The number of nitrogens with one attached hydrogen (secondary N) is 2. The second-order valence-corrected chi connectivity index (χ2v) is 8.45. The van der Waals surface area contributed by atoms with Crippen LogP contribution in [0.3, 0.4) is 0 Å². The number of carbonyl (C=O) groups excluding carboxylic acids is 4. The minimum Gasteiger partial charge on any atom is -0.468 e. The van der Waals surface area contributed by atoms with Gasteiger partial charge in [0.15, 0.2) is 0 Å². The van der Waals surface area contributed by atoms with Gasteiger partial charge in [-0.15, -0.1) is 0 Å². The van der Waals surface area contributed by atoms with E-state index in [0.29, 0.717) is 5.56 Å². The molecule has 0 saturated heterocycles. The molecule has 2 unspecified atom stereocenters. The molecule has 0 aromatic heterocycles. The molecule has 9 nitrogen and oxygen atoms in total. The van der Waals surface area contributed by atoms with Crippen molar-refractivity contribution in [2.24, 2.45) is 0 Å². The molecule has 0 bridgehead atoms. The average Bonchev–Trinajstić information content (AvgIpc) is 3.53. The zero-order valence-corrected chi connectivity index (χ0v) is 18.6. The fourth-order valence-electron chi connectivity index (χ4n) is 3.04. The molecule has 1 saturated carbocycles. The van der Waals surface area contributed by atoms with Gasteiger partial charge < -0.3 is 25.0 Å². The lowest BCUT2D eigenvalue weighted by molar-refractivity contribution is -0.145. The van der Waals surface area contributed by atoms with E-state index in [0.717, 1.165) is 12.8 Å². The van der Waals surface area contributed by atoms with Crippen LogP contribution in [0.1, 0.15) is 52.1 Å². The Morgan fingerprint density at radius 2 is 1.74 bits per heavy atom. The molecule has 3 amide bonds. The van der Waals surface area contributed by atoms with Crippen molar-refractivity contribution in [3.63, 3.8) is 0 Å². The van der Waals surface area contributed by atoms with Crippen molar-refractivity contribution in [1.82, 2.24) is 15.5 Å². The first-order valence-corrected chi connectivity index (χ1v) is 10.2. The Bertz CT molecular complexity index is 801. The lowest BCUT2D eigenvalue weighted by atomic mass is 10.0. The molecule has 2 N–H and O–H groups in total. The maximum Gasteiger partial charge on any atom is 0.408 e. The molecule has 0 aliphatic heterocycles. The van der Waals surface area contributed by atoms with Crippen LogP contribution in [-0.2, 0) is 23.9 Å². The molecule has 1 aromatic rings. The summed E-state index contributed by atoms with van der Waals surface area (Å²) in [5.41, 5.74) is -0.0989. The topological polar surface area (TPSA) is 114 Å². The average molecular weight is 434 g/mol. The van der Waals surface area contributed by atoms with Crippen LogP contribution in [0.5, 0.6) is 0 Å². The van der Waals surface area contributed by atoms with Gasteiger partial charge in [0.1, 0.15) is 24.2 Å². The third-order valence-corrected chi connectivity index (χ3v) is 4.57. The number of ether oxygens (including phenoxy) is 2. The van der Waals surface area contributed by atoms with Crippen molar-refractivity contribution < 1.29 is 28.7 Å². The zero-order chi connectivity index (χ0) is 23.2. The molecule has 1 aliphatic rings. The van der Waals surface area contributed by atoms with E-state index in [-0.39, 0.29) is 12.6 Å². The Hall–Kier alpha value is -3.10. The highest BCUT2D eigenvalue weighted by atomic mass is 16.6. The van der Waals surface area contributed by atoms with Crippen molar-refractivity contribution in [2.75, 3.05) is 13.7 Å². The van der Waals surface area contributed by atoms with Crippen LogP contribution >= 0.6 is 0 Å². The highest BCUT2D eigenvalue weighted by Gasteiger charge is 2.43. The minimum atomic E-state index is -0.950. The van der Waals surface area contributed by atoms with E-state index in [4.69, 9.17) is 4.74 Å². The molecule has 2 rings (SSSR count). The minimum absolute atomic E-state index is 0.135. The highest BCUT2D eigenvalue weighted by molar-refractivity contribution is 5.93. The molecule has 2 atom stereocenters. The Labute approximate surface area is 182 Å². The van der Waals surface area contributed by atoms with Crippen molar-refractivity contribution in [1.29, 1.82) is 0 Å². The van der Waals surface area contributed by atoms with Gasteiger partial charge in [-0.1, -0.05) is 30.3 Å². The number of rotatable bonds is 8. The second kappa shape index (κ2) is 10.3. The number of amides is 3. The summed E-state index contributed by atoms with van der Waals surface area (Å²) < 4.78 is 9.81. The second-order valence-electron chi connectivity index (χ2n) is 8.45. The van der Waals surface area contributed by atoms with Gasteiger partial charge in [-0.25, -0.2) is 4.79 Å². The fraction of sp³-hybridized carbons (Fsp3) is 0.545. The third kappa shape index (κ3) is 7.27. The summed E-state index contributed by atoms with van der Waals surface area (Å²) >= 11 is 0. The van der Waals surface area contributed by atoms with Gasteiger partial charge in [-0.05, 0) is 46.1 Å². The van der Waals surface area contributed by atoms with E-state index < -0.39 is 41.6 Å². The largest absolute Gasteiger partial charge is 0.468 e. The number of nitrogens with zero attached hydrogens (tertiary/aromatic N) is 1. The van der Waals surface area contributed by atoms with Crippen LogP contribution in [0.25, 0.3) is 0 Å². The van der Waals surface area contributed by atoms with E-state index in [1.54, 1.807) is 52.0 Å². The summed E-state index contributed by atoms with van der Waals surface area (Å²) in [5.74, 6) is -1.50. The molecular weight excluding hydrogens is 402 g/mol. The van der Waals surface area contributed by atoms with Gasteiger partial charge in [-0.2, -0.15) is 0 Å². The number of esters is 1. The van der Waals surface area contributed by atoms with Gasteiger partial charge in [0.2, 0.25) is 11.8 Å². The zero-order valence-electron chi connectivity index (χ0n) is 18.6. The maximum absolute atomic E-state index is 13.3. The van der Waals surface area contributed by atoms with Crippen LogP contribution in [0.2, 0.25) is 0 Å². The normalized spacial score (nSPS) is 15.3. The third-order valence-electron chi connectivity index (χ3n) is 4.57. The molecular formula is C22H31N3O6. The number of hydrogen-bond acceptors (Lipinski definition) is 6. The van der Waals surface area contributed by atoms with E-state index in [2.05, 4.69) is 15.4 Å². The number of carbonyl (C=O) groups is 4. The Morgan fingerprint density at radius 3 is 2.26 bits per heavy atom. The molecule has 1 aromatic carbocycles. The quantitative estimate of drug-likeness (QED) is 0.606. The molecule has 0 radical (unpaired) electrons. The molecule has 0 heterocycles. The summed E-state index contributed by atoms with van der Waals surface area (Å²) in [6.45, 7) is 6.43. The van der Waals surface area contributed by atoms with Crippen molar-refractivity contribution >= 4 is 23.9 Å². The number of hydrogen-bond donors (Lipinski definition) is 2. The Balaban J connectivity index is 2.25. The molecule has 170 valence electrons. The summed E-state index contributed by atoms with van der Waals surface area (Å²) in [7, 11) is 1.23. The van der Waals surface area contributed by atoms with Crippen LogP contribution in [0, 0.1) is 0 Å². The maximum atomic E-state index is 13.3. The summed E-state index contributed by atoms with van der Waals surface area (Å²) in [6, 6.07) is 6.85. The van der Waals surface area contributed by atoms with E-state index in [1.807, 2.05) is 6.07 Å². The van der Waals surface area contributed by atoms with E-state index in [1.165, 1.54) is 12.0 Å². The van der Waals surface area contributed by atoms with E-state index >= 15 is 0 Å². The molecule has 9 heteroatoms. The van der Waals surface area contributed by atoms with Crippen molar-refractivity contribution in [3.05, 3.63) is 35.9 Å².